The maximum atomic E-state index is 9.54. The van der Waals surface area contributed by atoms with Gasteiger partial charge in [0.1, 0.15) is 5.75 Å². The van der Waals surface area contributed by atoms with Crippen molar-refractivity contribution in [3.05, 3.63) is 29.3 Å². The third-order valence-corrected chi connectivity index (χ3v) is 4.90. The Balaban J connectivity index is 1.54. The van der Waals surface area contributed by atoms with Gasteiger partial charge in [0, 0.05) is 18.6 Å². The number of phenolic OH excluding ortho intramolecular Hbond substituents is 1. The summed E-state index contributed by atoms with van der Waals surface area (Å²) in [4.78, 5) is 2.58. The number of hydrogen-bond acceptors (Lipinski definition) is 3. The van der Waals surface area contributed by atoms with Gasteiger partial charge in [0.2, 0.25) is 0 Å². The summed E-state index contributed by atoms with van der Waals surface area (Å²) in [5, 5.41) is 13.3. The molecule has 0 radical (unpaired) electrons. The summed E-state index contributed by atoms with van der Waals surface area (Å²) >= 11 is 0. The fraction of sp³-hybridized carbons (Fsp3) is 0.647. The highest BCUT2D eigenvalue weighted by molar-refractivity contribution is 5.40. The molecule has 0 saturated carbocycles. The lowest BCUT2D eigenvalue weighted by molar-refractivity contribution is 0.262. The third kappa shape index (κ3) is 2.84. The standard InChI is InChI=1S/C17H26N2O/c1-12(2)19-8-7-13(11-19)10-18-17-6-3-14-9-15(20)4-5-16(14)17/h4-5,9,12-13,17-18,20H,3,6-8,10-11H2,1-2H3. The van der Waals surface area contributed by atoms with Crippen LogP contribution in [0.1, 0.15) is 43.9 Å². The summed E-state index contributed by atoms with van der Waals surface area (Å²) in [7, 11) is 0. The van der Waals surface area contributed by atoms with E-state index in [2.05, 4.69) is 30.1 Å². The maximum absolute atomic E-state index is 9.54. The van der Waals surface area contributed by atoms with Gasteiger partial charge in [0.05, 0.1) is 0 Å². The Bertz CT molecular complexity index is 472. The van der Waals surface area contributed by atoms with Crippen LogP contribution in [0.2, 0.25) is 0 Å². The van der Waals surface area contributed by atoms with Gasteiger partial charge in [-0.1, -0.05) is 6.07 Å². The van der Waals surface area contributed by atoms with E-state index in [9.17, 15) is 5.11 Å². The van der Waals surface area contributed by atoms with Crippen molar-refractivity contribution in [3.8, 4) is 5.75 Å². The highest BCUT2D eigenvalue weighted by Crippen LogP contribution is 2.33. The first-order valence-corrected chi connectivity index (χ1v) is 7.92. The van der Waals surface area contributed by atoms with Gasteiger partial charge in [0.25, 0.3) is 0 Å². The normalized spacial score (nSPS) is 26.4. The minimum atomic E-state index is 0.396. The highest BCUT2D eigenvalue weighted by Gasteiger charge is 2.27. The molecule has 1 aliphatic heterocycles. The predicted molar refractivity (Wildman–Crippen MR) is 82.0 cm³/mol. The molecule has 3 heteroatoms. The first-order chi connectivity index (χ1) is 9.63. The lowest BCUT2D eigenvalue weighted by atomic mass is 10.1. The van der Waals surface area contributed by atoms with E-state index in [0.717, 1.165) is 18.9 Å². The fourth-order valence-electron chi connectivity index (χ4n) is 3.62. The number of likely N-dealkylation sites (tertiary alicyclic amines) is 1. The number of hydrogen-bond donors (Lipinski definition) is 2. The predicted octanol–water partition coefficient (Wildman–Crippen LogP) is 2.70. The maximum Gasteiger partial charge on any atom is 0.115 e. The fourth-order valence-corrected chi connectivity index (χ4v) is 3.62. The second-order valence-corrected chi connectivity index (χ2v) is 6.63. The average Bonchev–Trinajstić information content (AvgIpc) is 3.02. The van der Waals surface area contributed by atoms with Crippen molar-refractivity contribution in [2.24, 2.45) is 5.92 Å². The molecule has 1 saturated heterocycles. The lowest BCUT2D eigenvalue weighted by Crippen LogP contribution is -2.31. The Kier molecular flexibility index (Phi) is 3.99. The summed E-state index contributed by atoms with van der Waals surface area (Å²) < 4.78 is 0. The van der Waals surface area contributed by atoms with Crippen molar-refractivity contribution < 1.29 is 5.11 Å². The van der Waals surface area contributed by atoms with Gasteiger partial charge < -0.3 is 15.3 Å². The number of nitrogens with zero attached hydrogens (tertiary/aromatic N) is 1. The van der Waals surface area contributed by atoms with Crippen LogP contribution in [0, 0.1) is 5.92 Å². The van der Waals surface area contributed by atoms with Crippen LogP contribution >= 0.6 is 0 Å². The smallest absolute Gasteiger partial charge is 0.115 e. The molecule has 0 bridgehead atoms. The molecule has 1 aliphatic carbocycles. The van der Waals surface area contributed by atoms with Gasteiger partial charge in [-0.05, 0) is 75.4 Å². The van der Waals surface area contributed by atoms with Crippen LogP contribution in [0.25, 0.3) is 0 Å². The van der Waals surface area contributed by atoms with Crippen molar-refractivity contribution in [2.75, 3.05) is 19.6 Å². The molecular formula is C17H26N2O. The summed E-state index contributed by atoms with van der Waals surface area (Å²) in [6, 6.07) is 6.99. The van der Waals surface area contributed by atoms with Crippen LogP contribution in [0.15, 0.2) is 18.2 Å². The van der Waals surface area contributed by atoms with E-state index in [1.807, 2.05) is 12.1 Å². The lowest BCUT2D eigenvalue weighted by Gasteiger charge is -2.21. The number of fused-ring (bicyclic) bond motifs is 1. The van der Waals surface area contributed by atoms with Gasteiger partial charge in [-0.25, -0.2) is 0 Å². The number of nitrogens with one attached hydrogen (secondary N) is 1. The molecule has 1 fully saturated rings. The molecule has 0 amide bonds. The Hall–Kier alpha value is -1.06. The van der Waals surface area contributed by atoms with E-state index in [-0.39, 0.29) is 0 Å². The van der Waals surface area contributed by atoms with Crippen LogP contribution in [-0.2, 0) is 6.42 Å². The van der Waals surface area contributed by atoms with Gasteiger partial charge >= 0.3 is 0 Å². The van der Waals surface area contributed by atoms with Crippen molar-refractivity contribution in [1.29, 1.82) is 0 Å². The van der Waals surface area contributed by atoms with Crippen LogP contribution in [0.4, 0.5) is 0 Å². The van der Waals surface area contributed by atoms with Crippen molar-refractivity contribution in [2.45, 2.75) is 45.2 Å². The second kappa shape index (κ2) is 5.74. The minimum Gasteiger partial charge on any atom is -0.508 e. The van der Waals surface area contributed by atoms with Gasteiger partial charge in [-0.15, -0.1) is 0 Å². The van der Waals surface area contributed by atoms with Crippen molar-refractivity contribution >= 4 is 0 Å². The Morgan fingerprint density at radius 1 is 1.35 bits per heavy atom. The van der Waals surface area contributed by atoms with E-state index in [0.29, 0.717) is 17.8 Å². The number of aromatic hydroxyl groups is 1. The van der Waals surface area contributed by atoms with E-state index in [1.165, 1.54) is 37.1 Å². The summed E-state index contributed by atoms with van der Waals surface area (Å²) in [5.41, 5.74) is 2.71. The van der Waals surface area contributed by atoms with Crippen LogP contribution in [0.3, 0.4) is 0 Å². The number of rotatable bonds is 4. The molecule has 2 unspecified atom stereocenters. The first kappa shape index (κ1) is 13.9. The third-order valence-electron chi connectivity index (χ3n) is 4.90. The van der Waals surface area contributed by atoms with E-state index < -0.39 is 0 Å². The molecule has 3 nitrogen and oxygen atoms in total. The highest BCUT2D eigenvalue weighted by atomic mass is 16.3. The van der Waals surface area contributed by atoms with E-state index in [4.69, 9.17) is 0 Å². The largest absolute Gasteiger partial charge is 0.508 e. The quantitative estimate of drug-likeness (QED) is 0.886. The Labute approximate surface area is 122 Å². The molecule has 2 aliphatic rings. The Morgan fingerprint density at radius 3 is 2.95 bits per heavy atom. The molecule has 1 aromatic rings. The molecule has 3 rings (SSSR count). The number of benzene rings is 1. The zero-order valence-corrected chi connectivity index (χ0v) is 12.6. The van der Waals surface area contributed by atoms with E-state index in [1.54, 1.807) is 0 Å². The zero-order valence-electron chi connectivity index (χ0n) is 12.6. The summed E-state index contributed by atoms with van der Waals surface area (Å²) in [6.45, 7) is 8.18. The van der Waals surface area contributed by atoms with Crippen LogP contribution in [0.5, 0.6) is 5.75 Å². The van der Waals surface area contributed by atoms with Crippen LogP contribution < -0.4 is 5.32 Å². The summed E-state index contributed by atoms with van der Waals surface area (Å²) in [5.74, 6) is 1.19. The molecule has 20 heavy (non-hydrogen) atoms. The summed E-state index contributed by atoms with van der Waals surface area (Å²) in [6.07, 6.45) is 3.57. The molecule has 1 heterocycles. The van der Waals surface area contributed by atoms with Gasteiger partial charge in [-0.3, -0.25) is 0 Å². The number of phenols is 1. The topological polar surface area (TPSA) is 35.5 Å². The minimum absolute atomic E-state index is 0.396. The van der Waals surface area contributed by atoms with Crippen LogP contribution in [-0.4, -0.2) is 35.7 Å². The molecule has 110 valence electrons. The molecule has 0 spiro atoms. The van der Waals surface area contributed by atoms with E-state index >= 15 is 0 Å². The Morgan fingerprint density at radius 2 is 2.20 bits per heavy atom. The number of aryl methyl sites for hydroxylation is 1. The van der Waals surface area contributed by atoms with Crippen molar-refractivity contribution in [3.63, 3.8) is 0 Å². The SMILES string of the molecule is CC(C)N1CCC(CNC2CCc3cc(O)ccc32)C1. The first-order valence-electron chi connectivity index (χ1n) is 7.92. The monoisotopic (exact) mass is 274 g/mol. The van der Waals surface area contributed by atoms with Crippen molar-refractivity contribution in [1.82, 2.24) is 10.2 Å². The molecule has 1 aromatic carbocycles. The molecule has 2 N–H and O–H groups in total. The zero-order chi connectivity index (χ0) is 14.1. The molecular weight excluding hydrogens is 248 g/mol. The average molecular weight is 274 g/mol. The molecule has 0 aromatic heterocycles. The molecule has 2 atom stereocenters. The second-order valence-electron chi connectivity index (χ2n) is 6.63. The van der Waals surface area contributed by atoms with Gasteiger partial charge in [-0.2, -0.15) is 0 Å². The van der Waals surface area contributed by atoms with Gasteiger partial charge in [0.15, 0.2) is 0 Å².